The normalized spacial score (nSPS) is 12.5. The maximum Gasteiger partial charge on any atom is 0.262 e. The zero-order valence-corrected chi connectivity index (χ0v) is 11.7. The molecule has 2 aromatic heterocycles. The molecule has 0 bridgehead atoms. The van der Waals surface area contributed by atoms with Gasteiger partial charge in [0.15, 0.2) is 10.8 Å². The first kappa shape index (κ1) is 14.7. The number of imidazole rings is 1. The molecule has 0 unspecified atom stereocenters. The molecular weight excluding hydrogens is 290 g/mol. The number of alkyl halides is 2. The number of nitrogens with zero attached hydrogens (tertiary/aromatic N) is 3. The van der Waals surface area contributed by atoms with E-state index in [2.05, 4.69) is 10.3 Å². The number of sulfonamides is 1. The Morgan fingerprint density at radius 2 is 2.15 bits per heavy atom. The van der Waals surface area contributed by atoms with Crippen molar-refractivity contribution in [1.29, 1.82) is 0 Å². The Labute approximate surface area is 115 Å². The smallest absolute Gasteiger partial charge is 0.262 e. The van der Waals surface area contributed by atoms with E-state index in [1.807, 2.05) is 0 Å². The van der Waals surface area contributed by atoms with Crippen LogP contribution in [0.5, 0.6) is 0 Å². The Bertz CT molecular complexity index is 714. The highest BCUT2D eigenvalue weighted by atomic mass is 32.2. The molecule has 6 nitrogen and oxygen atoms in total. The minimum absolute atomic E-state index is 0.123. The van der Waals surface area contributed by atoms with Crippen molar-refractivity contribution in [1.82, 2.24) is 13.7 Å². The quantitative estimate of drug-likeness (QED) is 0.903. The molecule has 0 fully saturated rings. The lowest BCUT2D eigenvalue weighted by Crippen LogP contribution is -2.32. The molecule has 0 aliphatic carbocycles. The standard InChI is InChI=1S/C11H14F2N4O2S/c1-14-10-11(17-6-4-3-5-9(17)15-10)20(18,19)16(2)7-8(12)13/h3-6,8,14H,7H2,1-2H3. The molecule has 2 heterocycles. The third-order valence-electron chi connectivity index (χ3n) is 2.77. The number of aromatic nitrogens is 2. The third-order valence-corrected chi connectivity index (χ3v) is 4.62. The monoisotopic (exact) mass is 304 g/mol. The second-order valence-electron chi connectivity index (χ2n) is 4.12. The van der Waals surface area contributed by atoms with Crippen LogP contribution in [0.4, 0.5) is 14.6 Å². The van der Waals surface area contributed by atoms with Crippen molar-refractivity contribution >= 4 is 21.5 Å². The summed E-state index contributed by atoms with van der Waals surface area (Å²) in [5.41, 5.74) is 0.417. The van der Waals surface area contributed by atoms with E-state index in [9.17, 15) is 17.2 Å². The maximum absolute atomic E-state index is 12.4. The van der Waals surface area contributed by atoms with Gasteiger partial charge in [-0.15, -0.1) is 0 Å². The lowest BCUT2D eigenvalue weighted by atomic mass is 10.5. The van der Waals surface area contributed by atoms with Crippen LogP contribution in [0.3, 0.4) is 0 Å². The molecule has 0 atom stereocenters. The molecule has 0 aromatic carbocycles. The van der Waals surface area contributed by atoms with E-state index in [1.54, 1.807) is 18.2 Å². The molecule has 9 heteroatoms. The molecule has 0 saturated carbocycles. The molecule has 0 spiro atoms. The highest BCUT2D eigenvalue weighted by Crippen LogP contribution is 2.25. The number of rotatable bonds is 5. The molecule has 0 radical (unpaired) electrons. The fourth-order valence-corrected chi connectivity index (χ4v) is 3.22. The number of hydrogen-bond acceptors (Lipinski definition) is 4. The van der Waals surface area contributed by atoms with Crippen LogP contribution in [0.2, 0.25) is 0 Å². The van der Waals surface area contributed by atoms with E-state index in [0.717, 1.165) is 7.05 Å². The SMILES string of the molecule is CNc1nc2ccccn2c1S(=O)(=O)N(C)CC(F)F. The molecule has 0 amide bonds. The molecule has 110 valence electrons. The Morgan fingerprint density at radius 3 is 2.75 bits per heavy atom. The van der Waals surface area contributed by atoms with Gasteiger partial charge < -0.3 is 5.32 Å². The van der Waals surface area contributed by atoms with Gasteiger partial charge in [-0.2, -0.15) is 4.31 Å². The van der Waals surface area contributed by atoms with Crippen LogP contribution >= 0.6 is 0 Å². The molecular formula is C11H14F2N4O2S. The maximum atomic E-state index is 12.4. The summed E-state index contributed by atoms with van der Waals surface area (Å²) in [6.45, 7) is -0.869. The van der Waals surface area contributed by atoms with Crippen molar-refractivity contribution in [2.45, 2.75) is 11.5 Å². The summed E-state index contributed by atoms with van der Waals surface area (Å²) in [7, 11) is -1.43. The van der Waals surface area contributed by atoms with Crippen molar-refractivity contribution in [3.63, 3.8) is 0 Å². The summed E-state index contributed by atoms with van der Waals surface area (Å²) < 4.78 is 51.6. The van der Waals surface area contributed by atoms with E-state index in [1.165, 1.54) is 17.6 Å². The van der Waals surface area contributed by atoms with Crippen molar-refractivity contribution in [2.24, 2.45) is 0 Å². The van der Waals surface area contributed by atoms with E-state index in [4.69, 9.17) is 0 Å². The molecule has 0 aliphatic rings. The lowest BCUT2D eigenvalue weighted by molar-refractivity contribution is 0.126. The van der Waals surface area contributed by atoms with Gasteiger partial charge in [-0.1, -0.05) is 6.07 Å². The fraction of sp³-hybridized carbons (Fsp3) is 0.364. The van der Waals surface area contributed by atoms with Crippen molar-refractivity contribution in [2.75, 3.05) is 26.0 Å². The second-order valence-corrected chi connectivity index (χ2v) is 6.08. The summed E-state index contributed by atoms with van der Waals surface area (Å²) >= 11 is 0. The Morgan fingerprint density at radius 1 is 1.45 bits per heavy atom. The molecule has 2 aromatic rings. The first-order valence-corrected chi connectivity index (χ1v) is 7.21. The highest BCUT2D eigenvalue weighted by molar-refractivity contribution is 7.89. The van der Waals surface area contributed by atoms with Gasteiger partial charge in [-0.25, -0.2) is 22.2 Å². The largest absolute Gasteiger partial charge is 0.371 e. The zero-order chi connectivity index (χ0) is 14.9. The minimum Gasteiger partial charge on any atom is -0.371 e. The first-order valence-electron chi connectivity index (χ1n) is 5.77. The summed E-state index contributed by atoms with van der Waals surface area (Å²) in [4.78, 5) is 4.12. The van der Waals surface area contributed by atoms with Crippen LogP contribution in [0.1, 0.15) is 0 Å². The Kier molecular flexibility index (Phi) is 3.91. The van der Waals surface area contributed by atoms with Gasteiger partial charge in [0.25, 0.3) is 16.4 Å². The van der Waals surface area contributed by atoms with Crippen LogP contribution in [0.15, 0.2) is 29.4 Å². The highest BCUT2D eigenvalue weighted by Gasteiger charge is 2.30. The summed E-state index contributed by atoms with van der Waals surface area (Å²) in [5, 5.41) is 2.52. The Balaban J connectivity index is 2.61. The average molecular weight is 304 g/mol. The second kappa shape index (κ2) is 5.33. The number of nitrogens with one attached hydrogen (secondary N) is 1. The first-order chi connectivity index (χ1) is 9.37. The van der Waals surface area contributed by atoms with Crippen molar-refractivity contribution in [3.8, 4) is 0 Å². The molecule has 0 saturated heterocycles. The van der Waals surface area contributed by atoms with Crippen molar-refractivity contribution in [3.05, 3.63) is 24.4 Å². The van der Waals surface area contributed by atoms with Gasteiger partial charge >= 0.3 is 0 Å². The van der Waals surface area contributed by atoms with E-state index in [0.29, 0.717) is 9.95 Å². The summed E-state index contributed by atoms with van der Waals surface area (Å²) in [5.74, 6) is 0.123. The van der Waals surface area contributed by atoms with Crippen LogP contribution in [0.25, 0.3) is 5.65 Å². The van der Waals surface area contributed by atoms with E-state index in [-0.39, 0.29) is 10.8 Å². The van der Waals surface area contributed by atoms with Crippen LogP contribution in [-0.4, -0.2) is 49.2 Å². The summed E-state index contributed by atoms with van der Waals surface area (Å²) in [6.07, 6.45) is -1.22. The number of hydrogen-bond donors (Lipinski definition) is 1. The molecule has 1 N–H and O–H groups in total. The number of anilines is 1. The van der Waals surface area contributed by atoms with Crippen molar-refractivity contribution < 1.29 is 17.2 Å². The van der Waals surface area contributed by atoms with Gasteiger partial charge in [0.2, 0.25) is 0 Å². The molecule has 0 aliphatic heterocycles. The summed E-state index contributed by atoms with van der Waals surface area (Å²) in [6, 6.07) is 4.98. The predicted molar refractivity (Wildman–Crippen MR) is 70.6 cm³/mol. The van der Waals surface area contributed by atoms with Gasteiger partial charge in [-0.05, 0) is 12.1 Å². The lowest BCUT2D eigenvalue weighted by Gasteiger charge is -2.17. The Hall–Kier alpha value is -1.74. The zero-order valence-electron chi connectivity index (χ0n) is 10.9. The van der Waals surface area contributed by atoms with Gasteiger partial charge in [0.1, 0.15) is 5.65 Å². The number of fused-ring (bicyclic) bond motifs is 1. The van der Waals surface area contributed by atoms with Gasteiger partial charge in [-0.3, -0.25) is 4.40 Å². The van der Waals surface area contributed by atoms with Gasteiger partial charge in [0, 0.05) is 20.3 Å². The van der Waals surface area contributed by atoms with Crippen LogP contribution < -0.4 is 5.32 Å². The molecule has 20 heavy (non-hydrogen) atoms. The van der Waals surface area contributed by atoms with E-state index >= 15 is 0 Å². The van der Waals surface area contributed by atoms with Crippen LogP contribution in [0, 0.1) is 0 Å². The predicted octanol–water partition coefficient (Wildman–Crippen LogP) is 1.26. The topological polar surface area (TPSA) is 66.7 Å². The minimum atomic E-state index is -4.07. The fourth-order valence-electron chi connectivity index (χ4n) is 1.82. The third kappa shape index (κ3) is 2.46. The van der Waals surface area contributed by atoms with Gasteiger partial charge in [0.05, 0.1) is 6.54 Å². The van der Waals surface area contributed by atoms with Crippen LogP contribution in [-0.2, 0) is 10.0 Å². The number of pyridine rings is 1. The average Bonchev–Trinajstić information content (AvgIpc) is 2.76. The molecule has 2 rings (SSSR count). The van der Waals surface area contributed by atoms with E-state index < -0.39 is 23.0 Å². The number of halogens is 2.